The fraction of sp³-hybridized carbons (Fsp3) is 0.125. The summed E-state index contributed by atoms with van der Waals surface area (Å²) in [5.74, 6) is -0.619. The number of carbonyl (C=O) groups excluding carboxylic acids is 2. The number of hydrogen-bond acceptors (Lipinski definition) is 3. The van der Waals surface area contributed by atoms with Crippen LogP contribution in [0.15, 0.2) is 134 Å². The average molecular weight is 459 g/mol. The molecule has 0 N–H and O–H groups in total. The molecule has 3 nitrogen and oxygen atoms in total. The van der Waals surface area contributed by atoms with E-state index >= 15 is 4.79 Å². The Bertz CT molecular complexity index is 1190. The first-order valence-corrected chi connectivity index (χ1v) is 11.7. The summed E-state index contributed by atoms with van der Waals surface area (Å²) in [6, 6.07) is 38.4. The molecule has 3 heteroatoms. The van der Waals surface area contributed by atoms with Crippen LogP contribution in [0.3, 0.4) is 0 Å². The number of carbonyl (C=O) groups is 2. The number of Topliss-reactive ketones (excluding diaryl/α,β-unsaturated/α-hetero) is 1. The SMILES string of the molecule is C=CC(=O)OC1(C)C(c2ccccc2)(c2ccccc2)C(=O)C1(c1ccccc1)c1ccccc1. The van der Waals surface area contributed by atoms with E-state index in [1.54, 1.807) is 0 Å². The van der Waals surface area contributed by atoms with E-state index in [0.717, 1.165) is 28.3 Å². The second kappa shape index (κ2) is 8.52. The van der Waals surface area contributed by atoms with Crippen LogP contribution in [0.25, 0.3) is 0 Å². The Morgan fingerprint density at radius 2 is 0.914 bits per heavy atom. The zero-order chi connectivity index (χ0) is 24.5. The maximum absolute atomic E-state index is 15.1. The van der Waals surface area contributed by atoms with E-state index in [-0.39, 0.29) is 5.78 Å². The largest absolute Gasteiger partial charge is 0.453 e. The van der Waals surface area contributed by atoms with Crippen molar-refractivity contribution in [1.29, 1.82) is 0 Å². The molecule has 4 aromatic carbocycles. The standard InChI is InChI=1S/C32H26O3/c1-3-28(33)35-30(2)31(24-16-8-4-9-17-24,25-18-10-5-11-19-25)29(34)32(30,26-20-12-6-13-21-26)27-22-14-7-15-23-27/h3-23H,1H2,2H3. The van der Waals surface area contributed by atoms with Crippen molar-refractivity contribution in [3.05, 3.63) is 156 Å². The minimum Gasteiger partial charge on any atom is -0.453 e. The lowest BCUT2D eigenvalue weighted by Crippen LogP contribution is -2.83. The Morgan fingerprint density at radius 1 is 0.629 bits per heavy atom. The van der Waals surface area contributed by atoms with Gasteiger partial charge < -0.3 is 4.74 Å². The van der Waals surface area contributed by atoms with Gasteiger partial charge in [0.15, 0.2) is 11.4 Å². The fourth-order valence-electron chi connectivity index (χ4n) is 6.04. The van der Waals surface area contributed by atoms with E-state index in [1.165, 1.54) is 0 Å². The fourth-order valence-corrected chi connectivity index (χ4v) is 6.04. The van der Waals surface area contributed by atoms with Gasteiger partial charge >= 0.3 is 5.97 Å². The summed E-state index contributed by atoms with van der Waals surface area (Å²) in [4.78, 5) is 28.1. The van der Waals surface area contributed by atoms with Gasteiger partial charge in [0.25, 0.3) is 0 Å². The summed E-state index contributed by atoms with van der Waals surface area (Å²) >= 11 is 0. The highest BCUT2D eigenvalue weighted by atomic mass is 16.6. The van der Waals surface area contributed by atoms with Crippen LogP contribution in [0.1, 0.15) is 29.2 Å². The molecule has 0 spiro atoms. The molecule has 35 heavy (non-hydrogen) atoms. The summed E-state index contributed by atoms with van der Waals surface area (Å²) in [6.07, 6.45) is 1.16. The lowest BCUT2D eigenvalue weighted by atomic mass is 9.35. The van der Waals surface area contributed by atoms with Crippen LogP contribution < -0.4 is 0 Å². The minimum atomic E-state index is -1.31. The Kier molecular flexibility index (Phi) is 5.49. The van der Waals surface area contributed by atoms with Gasteiger partial charge in [-0.3, -0.25) is 4.79 Å². The molecule has 4 aromatic rings. The Hall–Kier alpha value is -4.24. The summed E-state index contributed by atoms with van der Waals surface area (Å²) in [5.41, 5.74) is -0.680. The number of hydrogen-bond donors (Lipinski definition) is 0. The van der Waals surface area contributed by atoms with Gasteiger partial charge in [-0.2, -0.15) is 0 Å². The van der Waals surface area contributed by atoms with Crippen molar-refractivity contribution in [2.75, 3.05) is 0 Å². The zero-order valence-electron chi connectivity index (χ0n) is 19.6. The molecule has 5 rings (SSSR count). The van der Waals surface area contributed by atoms with Gasteiger partial charge in [0.1, 0.15) is 10.8 Å². The van der Waals surface area contributed by atoms with E-state index in [1.807, 2.05) is 128 Å². The third-order valence-electron chi connectivity index (χ3n) is 7.41. The Morgan fingerprint density at radius 3 is 1.17 bits per heavy atom. The van der Waals surface area contributed by atoms with Crippen LogP contribution in [0.4, 0.5) is 0 Å². The van der Waals surface area contributed by atoms with Gasteiger partial charge in [-0.15, -0.1) is 0 Å². The third-order valence-corrected chi connectivity index (χ3v) is 7.41. The first kappa shape index (κ1) is 22.5. The highest BCUT2D eigenvalue weighted by Gasteiger charge is 2.82. The summed E-state index contributed by atoms with van der Waals surface area (Å²) in [6.45, 7) is 5.53. The lowest BCUT2D eigenvalue weighted by molar-refractivity contribution is -0.196. The zero-order valence-corrected chi connectivity index (χ0v) is 19.6. The normalized spacial score (nSPS) is 17.1. The average Bonchev–Trinajstić information content (AvgIpc) is 2.91. The van der Waals surface area contributed by atoms with Crippen molar-refractivity contribution in [1.82, 2.24) is 0 Å². The van der Waals surface area contributed by atoms with Crippen molar-refractivity contribution >= 4 is 11.8 Å². The van der Waals surface area contributed by atoms with Gasteiger partial charge in [-0.05, 0) is 29.2 Å². The molecule has 0 amide bonds. The minimum absolute atomic E-state index is 0.0424. The van der Waals surface area contributed by atoms with Crippen molar-refractivity contribution < 1.29 is 14.3 Å². The Balaban J connectivity index is 1.93. The monoisotopic (exact) mass is 458 g/mol. The molecular weight excluding hydrogens is 432 g/mol. The van der Waals surface area contributed by atoms with E-state index < -0.39 is 22.4 Å². The molecule has 0 atom stereocenters. The molecule has 0 aromatic heterocycles. The van der Waals surface area contributed by atoms with Crippen LogP contribution in [-0.2, 0) is 25.2 Å². The summed E-state index contributed by atoms with van der Waals surface area (Å²) in [7, 11) is 0. The maximum atomic E-state index is 15.1. The predicted octanol–water partition coefficient (Wildman–Crippen LogP) is 6.03. The highest BCUT2D eigenvalue weighted by Crippen LogP contribution is 2.67. The van der Waals surface area contributed by atoms with Crippen molar-refractivity contribution in [3.8, 4) is 0 Å². The van der Waals surface area contributed by atoms with Crippen LogP contribution in [-0.4, -0.2) is 17.4 Å². The summed E-state index contributed by atoms with van der Waals surface area (Å²) < 4.78 is 6.37. The quantitative estimate of drug-likeness (QED) is 0.262. The topological polar surface area (TPSA) is 43.4 Å². The Labute approximate surface area is 205 Å². The van der Waals surface area contributed by atoms with Crippen molar-refractivity contribution in [2.24, 2.45) is 0 Å². The number of benzene rings is 4. The summed E-state index contributed by atoms with van der Waals surface area (Å²) in [5, 5.41) is 0. The third kappa shape index (κ3) is 2.91. The molecule has 172 valence electrons. The molecule has 0 heterocycles. The van der Waals surface area contributed by atoms with Crippen LogP contribution in [0.2, 0.25) is 0 Å². The van der Waals surface area contributed by atoms with E-state index in [9.17, 15) is 4.79 Å². The number of ketones is 1. The molecule has 0 radical (unpaired) electrons. The second-order valence-electron chi connectivity index (χ2n) is 8.95. The second-order valence-corrected chi connectivity index (χ2v) is 8.95. The van der Waals surface area contributed by atoms with Gasteiger partial charge in [0.05, 0.1) is 0 Å². The van der Waals surface area contributed by atoms with Crippen LogP contribution in [0, 0.1) is 0 Å². The van der Waals surface area contributed by atoms with Gasteiger partial charge in [0.2, 0.25) is 0 Å². The number of esters is 1. The van der Waals surface area contributed by atoms with E-state index in [2.05, 4.69) is 6.58 Å². The molecule has 0 bridgehead atoms. The molecule has 1 fully saturated rings. The number of ether oxygens (including phenoxy) is 1. The van der Waals surface area contributed by atoms with Crippen molar-refractivity contribution in [3.63, 3.8) is 0 Å². The van der Waals surface area contributed by atoms with Crippen LogP contribution in [0.5, 0.6) is 0 Å². The van der Waals surface area contributed by atoms with Crippen molar-refractivity contribution in [2.45, 2.75) is 23.4 Å². The van der Waals surface area contributed by atoms with E-state index in [0.29, 0.717) is 0 Å². The highest BCUT2D eigenvalue weighted by molar-refractivity contribution is 6.15. The smallest absolute Gasteiger partial charge is 0.330 e. The van der Waals surface area contributed by atoms with Gasteiger partial charge in [-0.25, -0.2) is 4.79 Å². The predicted molar refractivity (Wildman–Crippen MR) is 137 cm³/mol. The first-order chi connectivity index (χ1) is 17.0. The number of rotatable bonds is 6. The molecule has 1 saturated carbocycles. The van der Waals surface area contributed by atoms with Gasteiger partial charge in [0, 0.05) is 6.08 Å². The lowest BCUT2D eigenvalue weighted by Gasteiger charge is -2.67. The maximum Gasteiger partial charge on any atom is 0.330 e. The molecule has 0 saturated heterocycles. The van der Waals surface area contributed by atoms with Crippen LogP contribution >= 0.6 is 0 Å². The molecule has 1 aliphatic carbocycles. The molecule has 0 aliphatic heterocycles. The first-order valence-electron chi connectivity index (χ1n) is 11.7. The van der Waals surface area contributed by atoms with Gasteiger partial charge in [-0.1, -0.05) is 128 Å². The molecule has 1 aliphatic rings. The molecule has 0 unspecified atom stereocenters. The molecular formula is C32H26O3. The van der Waals surface area contributed by atoms with E-state index in [4.69, 9.17) is 4.74 Å².